The summed E-state index contributed by atoms with van der Waals surface area (Å²) in [6, 6.07) is 2.21. The van der Waals surface area contributed by atoms with Gasteiger partial charge in [0.25, 0.3) is 0 Å². The van der Waals surface area contributed by atoms with Crippen LogP contribution >= 0.6 is 0 Å². The Morgan fingerprint density at radius 3 is 2.86 bits per heavy atom. The van der Waals surface area contributed by atoms with Gasteiger partial charge in [-0.1, -0.05) is 19.3 Å². The van der Waals surface area contributed by atoms with Gasteiger partial charge in [-0.15, -0.1) is 0 Å². The summed E-state index contributed by atoms with van der Waals surface area (Å²) in [5, 5.41) is 8.41. The summed E-state index contributed by atoms with van der Waals surface area (Å²) in [6.45, 7) is 1.42. The Balaban J connectivity index is 1.77. The van der Waals surface area contributed by atoms with Crippen LogP contribution in [-0.4, -0.2) is 27.7 Å². The lowest BCUT2D eigenvalue weighted by molar-refractivity contribution is 0.435. The van der Waals surface area contributed by atoms with Gasteiger partial charge in [0, 0.05) is 36.3 Å². The third kappa shape index (κ3) is 2.37. The summed E-state index contributed by atoms with van der Waals surface area (Å²) in [5.41, 5.74) is 10.5. The third-order valence-electron chi connectivity index (χ3n) is 5.11. The van der Waals surface area contributed by atoms with Crippen LogP contribution in [0.1, 0.15) is 61.4 Å². The molecule has 0 atom stereocenters. The van der Waals surface area contributed by atoms with E-state index in [-0.39, 0.29) is 0 Å². The Morgan fingerprint density at radius 1 is 1.18 bits per heavy atom. The number of aromatic nitrogens is 3. The molecule has 2 heterocycles. The minimum Gasteiger partial charge on any atom is -0.368 e. The minimum absolute atomic E-state index is 0.618. The van der Waals surface area contributed by atoms with Crippen LogP contribution in [0.3, 0.4) is 0 Å². The van der Waals surface area contributed by atoms with Crippen LogP contribution in [0.4, 0.5) is 5.82 Å². The van der Waals surface area contributed by atoms with E-state index in [9.17, 15) is 0 Å². The minimum atomic E-state index is 0.618. The topological polar surface area (TPSA) is 68.2 Å². The van der Waals surface area contributed by atoms with Crippen LogP contribution in [0, 0.1) is 0 Å². The van der Waals surface area contributed by atoms with Crippen molar-refractivity contribution in [2.75, 3.05) is 18.4 Å². The predicted molar refractivity (Wildman–Crippen MR) is 88.4 cm³/mol. The molecule has 5 heteroatoms. The summed E-state index contributed by atoms with van der Waals surface area (Å²) in [7, 11) is 0. The molecule has 118 valence electrons. The average molecular weight is 299 g/mol. The lowest BCUT2D eigenvalue weighted by Gasteiger charge is -2.19. The maximum atomic E-state index is 5.68. The quantitative estimate of drug-likeness (QED) is 0.910. The van der Waals surface area contributed by atoms with Gasteiger partial charge < -0.3 is 11.1 Å². The molecule has 3 N–H and O–H groups in total. The number of anilines is 1. The fraction of sp³-hybridized carbons (Fsp3) is 0.647. The van der Waals surface area contributed by atoms with E-state index in [2.05, 4.69) is 11.4 Å². The van der Waals surface area contributed by atoms with Gasteiger partial charge >= 0.3 is 0 Å². The number of hydrogen-bond acceptors (Lipinski definition) is 4. The van der Waals surface area contributed by atoms with Gasteiger partial charge in [0.1, 0.15) is 5.82 Å². The molecule has 0 amide bonds. The van der Waals surface area contributed by atoms with E-state index in [1.54, 1.807) is 0 Å². The first-order valence-electron chi connectivity index (χ1n) is 8.72. The lowest BCUT2D eigenvalue weighted by atomic mass is 9.87. The summed E-state index contributed by atoms with van der Waals surface area (Å²) >= 11 is 0. The second-order valence-electron chi connectivity index (χ2n) is 6.63. The lowest BCUT2D eigenvalue weighted by Crippen LogP contribution is -2.17. The van der Waals surface area contributed by atoms with E-state index in [0.717, 1.165) is 30.9 Å². The molecule has 2 aliphatic carbocycles. The molecular weight excluding hydrogens is 274 g/mol. The molecule has 5 nitrogen and oxygen atoms in total. The van der Waals surface area contributed by atoms with E-state index in [0.29, 0.717) is 12.5 Å². The predicted octanol–water partition coefficient (Wildman–Crippen LogP) is 2.64. The Bertz CT molecular complexity index is 669. The van der Waals surface area contributed by atoms with Crippen molar-refractivity contribution in [3.8, 4) is 0 Å². The molecule has 0 aliphatic heterocycles. The van der Waals surface area contributed by atoms with Gasteiger partial charge in [-0.2, -0.15) is 9.61 Å². The summed E-state index contributed by atoms with van der Waals surface area (Å²) in [6.07, 6.45) is 9.98. The largest absolute Gasteiger partial charge is 0.368 e. The molecule has 22 heavy (non-hydrogen) atoms. The van der Waals surface area contributed by atoms with E-state index < -0.39 is 0 Å². The van der Waals surface area contributed by atoms with E-state index in [1.807, 2.05) is 4.52 Å². The van der Waals surface area contributed by atoms with Crippen LogP contribution in [0.2, 0.25) is 0 Å². The molecule has 1 fully saturated rings. The van der Waals surface area contributed by atoms with Crippen molar-refractivity contribution in [1.82, 2.24) is 14.6 Å². The summed E-state index contributed by atoms with van der Waals surface area (Å²) in [4.78, 5) is 4.87. The molecule has 0 spiro atoms. The molecule has 0 radical (unpaired) electrons. The molecule has 0 aromatic carbocycles. The van der Waals surface area contributed by atoms with Gasteiger partial charge in [0.05, 0.1) is 5.69 Å². The van der Waals surface area contributed by atoms with Gasteiger partial charge in [-0.25, -0.2) is 4.98 Å². The number of nitrogens with one attached hydrogen (secondary N) is 1. The number of nitrogens with two attached hydrogens (primary N) is 1. The second kappa shape index (κ2) is 5.88. The van der Waals surface area contributed by atoms with Crippen molar-refractivity contribution < 1.29 is 0 Å². The van der Waals surface area contributed by atoms with Gasteiger partial charge in [-0.3, -0.25) is 0 Å². The van der Waals surface area contributed by atoms with Crippen LogP contribution in [-0.2, 0) is 12.8 Å². The first-order valence-corrected chi connectivity index (χ1v) is 8.72. The summed E-state index contributed by atoms with van der Waals surface area (Å²) < 4.78 is 2.03. The van der Waals surface area contributed by atoms with Crippen LogP contribution in [0.15, 0.2) is 6.07 Å². The maximum Gasteiger partial charge on any atom is 0.157 e. The first kappa shape index (κ1) is 14.0. The molecule has 0 saturated heterocycles. The molecule has 2 aromatic heterocycles. The molecule has 1 saturated carbocycles. The first-order chi connectivity index (χ1) is 10.9. The molecule has 2 aliphatic rings. The maximum absolute atomic E-state index is 5.68. The standard InChI is InChI=1S/C17H25N5/c18-9-10-19-17-13-7-4-8-14(13)20-16-11-15(21-22(16)17)12-5-2-1-3-6-12/h11-12,19H,1-10,18H2. The molecule has 0 bridgehead atoms. The third-order valence-corrected chi connectivity index (χ3v) is 5.11. The highest BCUT2D eigenvalue weighted by Crippen LogP contribution is 2.34. The van der Waals surface area contributed by atoms with Crippen LogP contribution in [0.25, 0.3) is 5.65 Å². The molecule has 0 unspecified atom stereocenters. The smallest absolute Gasteiger partial charge is 0.157 e. The normalized spacial score (nSPS) is 18.8. The van der Waals surface area contributed by atoms with Crippen LogP contribution in [0.5, 0.6) is 0 Å². The summed E-state index contributed by atoms with van der Waals surface area (Å²) in [5.74, 6) is 1.75. The zero-order chi connectivity index (χ0) is 14.9. The number of nitrogens with zero attached hydrogens (tertiary/aromatic N) is 3. The van der Waals surface area contributed by atoms with E-state index in [4.69, 9.17) is 15.8 Å². The van der Waals surface area contributed by atoms with Crippen molar-refractivity contribution >= 4 is 11.5 Å². The Labute approximate surface area is 131 Å². The highest BCUT2D eigenvalue weighted by atomic mass is 15.3. The number of aryl methyl sites for hydroxylation is 1. The Kier molecular flexibility index (Phi) is 3.74. The average Bonchev–Trinajstić information content (AvgIpc) is 3.18. The van der Waals surface area contributed by atoms with Crippen molar-refractivity contribution in [2.45, 2.75) is 57.3 Å². The highest BCUT2D eigenvalue weighted by Gasteiger charge is 2.23. The zero-order valence-electron chi connectivity index (χ0n) is 13.1. The fourth-order valence-corrected chi connectivity index (χ4v) is 3.98. The molecule has 2 aromatic rings. The van der Waals surface area contributed by atoms with Crippen LogP contribution < -0.4 is 11.1 Å². The van der Waals surface area contributed by atoms with Gasteiger partial charge in [-0.05, 0) is 32.1 Å². The van der Waals surface area contributed by atoms with Crippen molar-refractivity contribution in [3.63, 3.8) is 0 Å². The number of hydrogen-bond donors (Lipinski definition) is 2. The monoisotopic (exact) mass is 299 g/mol. The van der Waals surface area contributed by atoms with Crippen molar-refractivity contribution in [2.24, 2.45) is 5.73 Å². The van der Waals surface area contributed by atoms with Crippen molar-refractivity contribution in [3.05, 3.63) is 23.0 Å². The highest BCUT2D eigenvalue weighted by molar-refractivity contribution is 5.57. The Hall–Kier alpha value is -1.62. The zero-order valence-corrected chi connectivity index (χ0v) is 13.1. The van der Waals surface area contributed by atoms with Gasteiger partial charge in [0.2, 0.25) is 0 Å². The SMILES string of the molecule is NCCNc1c2c(nc3cc(C4CCCCC4)nn13)CCC2. The van der Waals surface area contributed by atoms with E-state index >= 15 is 0 Å². The molecule has 4 rings (SSSR count). The van der Waals surface area contributed by atoms with Crippen molar-refractivity contribution in [1.29, 1.82) is 0 Å². The Morgan fingerprint density at radius 2 is 2.05 bits per heavy atom. The number of rotatable bonds is 4. The van der Waals surface area contributed by atoms with Gasteiger partial charge in [0.15, 0.2) is 5.65 Å². The van der Waals surface area contributed by atoms with E-state index in [1.165, 1.54) is 55.5 Å². The number of fused-ring (bicyclic) bond motifs is 2. The molecular formula is C17H25N5. The second-order valence-corrected chi connectivity index (χ2v) is 6.63. The fourth-order valence-electron chi connectivity index (χ4n) is 3.98.